The molecular weight excluding hydrogens is 280 g/mol. The Kier molecular flexibility index (Phi) is 3.12. The molecule has 0 atom stereocenters. The van der Waals surface area contributed by atoms with E-state index in [0.717, 1.165) is 22.5 Å². The van der Waals surface area contributed by atoms with Crippen LogP contribution in [-0.4, -0.2) is 9.97 Å². The third-order valence-electron chi connectivity index (χ3n) is 4.57. The fraction of sp³-hybridized carbons (Fsp3) is 0.143. The van der Waals surface area contributed by atoms with Crippen LogP contribution in [0.1, 0.15) is 16.8 Å². The first-order valence-corrected chi connectivity index (χ1v) is 7.87. The van der Waals surface area contributed by atoms with E-state index in [-0.39, 0.29) is 0 Å². The first-order chi connectivity index (χ1) is 11.1. The lowest BCUT2D eigenvalue weighted by Crippen LogP contribution is -1.93. The van der Waals surface area contributed by atoms with Crippen LogP contribution in [-0.2, 0) is 0 Å². The van der Waals surface area contributed by atoms with E-state index in [9.17, 15) is 0 Å². The molecular formula is C21H18N2. The molecule has 0 saturated heterocycles. The molecule has 2 aromatic carbocycles. The predicted molar refractivity (Wildman–Crippen MR) is 96.7 cm³/mol. The zero-order valence-electron chi connectivity index (χ0n) is 13.6. The van der Waals surface area contributed by atoms with E-state index in [1.807, 2.05) is 6.20 Å². The molecule has 0 saturated carbocycles. The maximum atomic E-state index is 4.89. The molecule has 4 rings (SSSR count). The second-order valence-electron chi connectivity index (χ2n) is 6.10. The molecule has 0 spiro atoms. The van der Waals surface area contributed by atoms with Crippen LogP contribution in [0, 0.1) is 20.8 Å². The SMILES string of the molecule is Cc1cnc(-c2cccc3c2nc(C)c2ccccc23)cc1C. The first kappa shape index (κ1) is 13.9. The van der Waals surface area contributed by atoms with Gasteiger partial charge in [0.25, 0.3) is 0 Å². The van der Waals surface area contributed by atoms with Crippen molar-refractivity contribution in [2.24, 2.45) is 0 Å². The molecule has 0 unspecified atom stereocenters. The minimum Gasteiger partial charge on any atom is -0.256 e. The molecule has 2 nitrogen and oxygen atoms in total. The van der Waals surface area contributed by atoms with Crippen molar-refractivity contribution in [3.63, 3.8) is 0 Å². The van der Waals surface area contributed by atoms with Gasteiger partial charge in [-0.1, -0.05) is 42.5 Å². The number of benzene rings is 2. The molecule has 2 heterocycles. The minimum atomic E-state index is 0.987. The number of aromatic nitrogens is 2. The summed E-state index contributed by atoms with van der Waals surface area (Å²) in [7, 11) is 0. The van der Waals surface area contributed by atoms with Gasteiger partial charge in [0.05, 0.1) is 11.2 Å². The maximum absolute atomic E-state index is 4.89. The van der Waals surface area contributed by atoms with Crippen molar-refractivity contribution in [3.05, 3.63) is 71.5 Å². The van der Waals surface area contributed by atoms with Gasteiger partial charge < -0.3 is 0 Å². The van der Waals surface area contributed by atoms with Gasteiger partial charge in [0.2, 0.25) is 0 Å². The summed E-state index contributed by atoms with van der Waals surface area (Å²) in [5.41, 5.74) is 6.64. The smallest absolute Gasteiger partial charge is 0.0805 e. The van der Waals surface area contributed by atoms with E-state index in [2.05, 4.69) is 74.3 Å². The van der Waals surface area contributed by atoms with Gasteiger partial charge in [-0.3, -0.25) is 9.97 Å². The van der Waals surface area contributed by atoms with Gasteiger partial charge in [0.1, 0.15) is 0 Å². The molecule has 0 aliphatic carbocycles. The van der Waals surface area contributed by atoms with Crippen LogP contribution < -0.4 is 0 Å². The van der Waals surface area contributed by atoms with E-state index in [4.69, 9.17) is 4.98 Å². The average Bonchev–Trinajstić information content (AvgIpc) is 2.57. The van der Waals surface area contributed by atoms with Crippen LogP contribution in [0.15, 0.2) is 54.7 Å². The lowest BCUT2D eigenvalue weighted by Gasteiger charge is -2.11. The van der Waals surface area contributed by atoms with E-state index in [0.29, 0.717) is 0 Å². The summed E-state index contributed by atoms with van der Waals surface area (Å²) in [6, 6.07) is 17.0. The number of rotatable bonds is 1. The fourth-order valence-corrected chi connectivity index (χ4v) is 3.12. The van der Waals surface area contributed by atoms with Crippen LogP contribution in [0.2, 0.25) is 0 Å². The molecule has 2 heteroatoms. The first-order valence-electron chi connectivity index (χ1n) is 7.87. The molecule has 112 valence electrons. The average molecular weight is 298 g/mol. The maximum Gasteiger partial charge on any atom is 0.0805 e. The normalized spacial score (nSPS) is 11.3. The Balaban J connectivity index is 2.10. The zero-order valence-corrected chi connectivity index (χ0v) is 13.6. The van der Waals surface area contributed by atoms with Gasteiger partial charge in [0, 0.05) is 28.2 Å². The molecule has 0 amide bonds. The third-order valence-corrected chi connectivity index (χ3v) is 4.57. The highest BCUT2D eigenvalue weighted by Crippen LogP contribution is 2.32. The number of nitrogens with zero attached hydrogens (tertiary/aromatic N) is 2. The molecule has 2 aromatic heterocycles. The topological polar surface area (TPSA) is 25.8 Å². The van der Waals surface area contributed by atoms with Crippen LogP contribution in [0.3, 0.4) is 0 Å². The monoisotopic (exact) mass is 298 g/mol. The number of hydrogen-bond donors (Lipinski definition) is 0. The molecule has 0 fully saturated rings. The highest BCUT2D eigenvalue weighted by molar-refractivity contribution is 6.10. The van der Waals surface area contributed by atoms with Crippen LogP contribution in [0.5, 0.6) is 0 Å². The van der Waals surface area contributed by atoms with Crippen molar-refractivity contribution in [2.75, 3.05) is 0 Å². The van der Waals surface area contributed by atoms with Gasteiger partial charge >= 0.3 is 0 Å². The van der Waals surface area contributed by atoms with Crippen LogP contribution >= 0.6 is 0 Å². The van der Waals surface area contributed by atoms with Crippen molar-refractivity contribution in [1.29, 1.82) is 0 Å². The van der Waals surface area contributed by atoms with Crippen molar-refractivity contribution in [1.82, 2.24) is 9.97 Å². The summed E-state index contributed by atoms with van der Waals surface area (Å²) in [5, 5.41) is 3.65. The Morgan fingerprint density at radius 1 is 0.739 bits per heavy atom. The lowest BCUT2D eigenvalue weighted by molar-refractivity contribution is 1.22. The largest absolute Gasteiger partial charge is 0.256 e. The molecule has 0 N–H and O–H groups in total. The fourth-order valence-electron chi connectivity index (χ4n) is 3.12. The summed E-state index contributed by atoms with van der Waals surface area (Å²) >= 11 is 0. The Morgan fingerprint density at radius 3 is 2.26 bits per heavy atom. The molecule has 23 heavy (non-hydrogen) atoms. The number of para-hydroxylation sites is 1. The molecule has 0 aliphatic rings. The second-order valence-corrected chi connectivity index (χ2v) is 6.10. The Hall–Kier alpha value is -2.74. The van der Waals surface area contributed by atoms with E-state index in [1.54, 1.807) is 0 Å². The van der Waals surface area contributed by atoms with Gasteiger partial charge in [-0.05, 0) is 43.4 Å². The van der Waals surface area contributed by atoms with Gasteiger partial charge in [-0.25, -0.2) is 0 Å². The van der Waals surface area contributed by atoms with Crippen LogP contribution in [0.4, 0.5) is 0 Å². The van der Waals surface area contributed by atoms with Crippen LogP contribution in [0.25, 0.3) is 32.9 Å². The summed E-state index contributed by atoms with van der Waals surface area (Å²) in [5.74, 6) is 0. The highest BCUT2D eigenvalue weighted by atomic mass is 14.7. The van der Waals surface area contributed by atoms with E-state index in [1.165, 1.54) is 27.3 Å². The Morgan fingerprint density at radius 2 is 1.48 bits per heavy atom. The van der Waals surface area contributed by atoms with Crippen molar-refractivity contribution < 1.29 is 0 Å². The second kappa shape index (κ2) is 5.17. The molecule has 0 radical (unpaired) electrons. The van der Waals surface area contributed by atoms with Gasteiger partial charge in [-0.2, -0.15) is 0 Å². The minimum absolute atomic E-state index is 0.987. The Labute approximate surface area is 135 Å². The molecule has 0 aliphatic heterocycles. The summed E-state index contributed by atoms with van der Waals surface area (Å²) in [4.78, 5) is 9.52. The zero-order chi connectivity index (χ0) is 16.0. The summed E-state index contributed by atoms with van der Waals surface area (Å²) < 4.78 is 0. The van der Waals surface area contributed by atoms with Gasteiger partial charge in [0.15, 0.2) is 0 Å². The van der Waals surface area contributed by atoms with Crippen molar-refractivity contribution >= 4 is 21.7 Å². The standard InChI is InChI=1S/C21H18N2/c1-13-11-20(22-12-14(13)2)19-10-6-9-18-17-8-5-4-7-16(17)15(3)23-21(18)19/h4-12H,1-3H3. The summed E-state index contributed by atoms with van der Waals surface area (Å²) in [6.45, 7) is 6.29. The number of fused-ring (bicyclic) bond motifs is 3. The van der Waals surface area contributed by atoms with E-state index >= 15 is 0 Å². The third kappa shape index (κ3) is 2.18. The number of hydrogen-bond acceptors (Lipinski definition) is 2. The Bertz CT molecular complexity index is 1050. The quantitative estimate of drug-likeness (QED) is 0.441. The number of aryl methyl sites for hydroxylation is 3. The van der Waals surface area contributed by atoms with Crippen molar-refractivity contribution in [3.8, 4) is 11.3 Å². The predicted octanol–water partition coefficient (Wildman–Crippen LogP) is 5.38. The highest BCUT2D eigenvalue weighted by Gasteiger charge is 2.11. The van der Waals surface area contributed by atoms with Gasteiger partial charge in [-0.15, -0.1) is 0 Å². The van der Waals surface area contributed by atoms with E-state index < -0.39 is 0 Å². The summed E-state index contributed by atoms with van der Waals surface area (Å²) in [6.07, 6.45) is 1.94. The number of pyridine rings is 2. The molecule has 4 aromatic rings. The van der Waals surface area contributed by atoms with Crippen molar-refractivity contribution in [2.45, 2.75) is 20.8 Å². The molecule has 0 bridgehead atoms. The lowest BCUT2D eigenvalue weighted by atomic mass is 9.99.